The molecule has 94 valence electrons. The average molecular weight is 256 g/mol. The van der Waals surface area contributed by atoms with Crippen molar-refractivity contribution in [2.45, 2.75) is 38.1 Å². The molecule has 0 heterocycles. The molecule has 1 aromatic carbocycles. The Morgan fingerprint density at radius 2 is 1.94 bits per heavy atom. The van der Waals surface area contributed by atoms with E-state index < -0.39 is 12.0 Å². The number of halogens is 1. The molecule has 1 aliphatic rings. The number of nitrogens with two attached hydrogens (primary N) is 1. The van der Waals surface area contributed by atoms with Gasteiger partial charge in [0, 0.05) is 0 Å². The normalized spacial score (nSPS) is 15.6. The van der Waals surface area contributed by atoms with E-state index in [4.69, 9.17) is 10.8 Å². The van der Waals surface area contributed by atoms with Crippen molar-refractivity contribution in [2.24, 2.45) is 5.73 Å². The van der Waals surface area contributed by atoms with Gasteiger partial charge in [-0.15, -0.1) is 12.4 Å². The molecule has 0 bridgehead atoms. The fourth-order valence-corrected chi connectivity index (χ4v) is 2.25. The summed E-state index contributed by atoms with van der Waals surface area (Å²) in [4.78, 5) is 10.7. The molecule has 0 spiro atoms. The van der Waals surface area contributed by atoms with Gasteiger partial charge in [0.15, 0.2) is 0 Å². The van der Waals surface area contributed by atoms with Crippen LogP contribution in [0.5, 0.6) is 0 Å². The summed E-state index contributed by atoms with van der Waals surface area (Å²) in [5.41, 5.74) is 9.35. The SMILES string of the molecule is Cl.NC(Cc1ccc2c(c1)CCCC2)C(=O)O. The summed E-state index contributed by atoms with van der Waals surface area (Å²) in [6.45, 7) is 0. The number of fused-ring (bicyclic) bond motifs is 1. The van der Waals surface area contributed by atoms with E-state index in [1.807, 2.05) is 6.07 Å². The molecule has 0 saturated carbocycles. The maximum atomic E-state index is 10.7. The van der Waals surface area contributed by atoms with Gasteiger partial charge in [-0.3, -0.25) is 4.79 Å². The van der Waals surface area contributed by atoms with Gasteiger partial charge in [-0.25, -0.2) is 0 Å². The third kappa shape index (κ3) is 3.45. The number of hydrogen-bond donors (Lipinski definition) is 2. The lowest BCUT2D eigenvalue weighted by molar-refractivity contribution is -0.138. The molecule has 3 N–H and O–H groups in total. The van der Waals surface area contributed by atoms with Gasteiger partial charge in [-0.05, 0) is 48.8 Å². The van der Waals surface area contributed by atoms with Crippen molar-refractivity contribution in [1.29, 1.82) is 0 Å². The summed E-state index contributed by atoms with van der Waals surface area (Å²) in [7, 11) is 0. The molecule has 0 fully saturated rings. The smallest absolute Gasteiger partial charge is 0.320 e. The van der Waals surface area contributed by atoms with Gasteiger partial charge in [-0.2, -0.15) is 0 Å². The molecule has 1 aliphatic carbocycles. The lowest BCUT2D eigenvalue weighted by Gasteiger charge is -2.17. The van der Waals surface area contributed by atoms with Crippen LogP contribution in [0.1, 0.15) is 29.5 Å². The highest BCUT2D eigenvalue weighted by molar-refractivity contribution is 5.85. The first-order valence-corrected chi connectivity index (χ1v) is 5.76. The number of benzene rings is 1. The average Bonchev–Trinajstić information content (AvgIpc) is 2.28. The number of aliphatic carboxylic acids is 1. The highest BCUT2D eigenvalue weighted by atomic mass is 35.5. The first-order chi connectivity index (χ1) is 7.66. The minimum absolute atomic E-state index is 0. The number of aryl methyl sites for hydroxylation is 2. The van der Waals surface area contributed by atoms with Crippen molar-refractivity contribution in [2.75, 3.05) is 0 Å². The number of carbonyl (C=O) groups is 1. The second kappa shape index (κ2) is 6.03. The zero-order chi connectivity index (χ0) is 11.5. The molecule has 1 aromatic rings. The van der Waals surface area contributed by atoms with Crippen LogP contribution in [0.3, 0.4) is 0 Å². The summed E-state index contributed by atoms with van der Waals surface area (Å²) in [5, 5.41) is 8.76. The third-order valence-electron chi connectivity index (χ3n) is 3.19. The van der Waals surface area contributed by atoms with E-state index in [9.17, 15) is 4.79 Å². The van der Waals surface area contributed by atoms with Crippen LogP contribution in [0.4, 0.5) is 0 Å². The van der Waals surface area contributed by atoms with Crippen LogP contribution in [0.15, 0.2) is 18.2 Å². The Morgan fingerprint density at radius 1 is 1.29 bits per heavy atom. The van der Waals surface area contributed by atoms with Crippen molar-refractivity contribution in [3.63, 3.8) is 0 Å². The Labute approximate surface area is 107 Å². The second-order valence-corrected chi connectivity index (χ2v) is 4.46. The summed E-state index contributed by atoms with van der Waals surface area (Å²) < 4.78 is 0. The van der Waals surface area contributed by atoms with Gasteiger partial charge in [0.25, 0.3) is 0 Å². The van der Waals surface area contributed by atoms with E-state index in [1.54, 1.807) is 0 Å². The van der Waals surface area contributed by atoms with E-state index in [0.29, 0.717) is 6.42 Å². The topological polar surface area (TPSA) is 63.3 Å². The Balaban J connectivity index is 0.00000144. The maximum Gasteiger partial charge on any atom is 0.320 e. The fourth-order valence-electron chi connectivity index (χ4n) is 2.25. The molecule has 2 rings (SSSR count). The van der Waals surface area contributed by atoms with Gasteiger partial charge in [-0.1, -0.05) is 18.2 Å². The Morgan fingerprint density at radius 3 is 2.59 bits per heavy atom. The molecule has 17 heavy (non-hydrogen) atoms. The number of hydrogen-bond acceptors (Lipinski definition) is 2. The Bertz CT molecular complexity index is 406. The predicted molar refractivity (Wildman–Crippen MR) is 69.6 cm³/mol. The van der Waals surface area contributed by atoms with Crippen molar-refractivity contribution >= 4 is 18.4 Å². The molecule has 3 nitrogen and oxygen atoms in total. The van der Waals surface area contributed by atoms with Gasteiger partial charge in [0.05, 0.1) is 0 Å². The molecule has 0 amide bonds. The molecule has 1 atom stereocenters. The van der Waals surface area contributed by atoms with Gasteiger partial charge >= 0.3 is 5.97 Å². The largest absolute Gasteiger partial charge is 0.480 e. The quantitative estimate of drug-likeness (QED) is 0.868. The number of rotatable bonds is 3. The van der Waals surface area contributed by atoms with Crippen LogP contribution < -0.4 is 5.73 Å². The van der Waals surface area contributed by atoms with Gasteiger partial charge in [0.1, 0.15) is 6.04 Å². The third-order valence-corrected chi connectivity index (χ3v) is 3.19. The summed E-state index contributed by atoms with van der Waals surface area (Å²) in [6.07, 6.45) is 5.19. The standard InChI is InChI=1S/C13H17NO2.ClH/c14-12(13(15)16)8-9-5-6-10-3-1-2-4-11(10)7-9;/h5-7,12H,1-4,8,14H2,(H,15,16);1H. The summed E-state index contributed by atoms with van der Waals surface area (Å²) >= 11 is 0. The number of carboxylic acids is 1. The zero-order valence-electron chi connectivity index (χ0n) is 9.69. The van der Waals surface area contributed by atoms with Crippen LogP contribution in [-0.4, -0.2) is 17.1 Å². The Kier molecular flexibility index (Phi) is 4.97. The van der Waals surface area contributed by atoms with Crippen LogP contribution in [0, 0.1) is 0 Å². The monoisotopic (exact) mass is 255 g/mol. The Hall–Kier alpha value is -1.06. The number of carboxylic acid groups (broad SMARTS) is 1. The van der Waals surface area contributed by atoms with Crippen molar-refractivity contribution in [1.82, 2.24) is 0 Å². The lowest BCUT2D eigenvalue weighted by Crippen LogP contribution is -2.32. The lowest BCUT2D eigenvalue weighted by atomic mass is 9.89. The first-order valence-electron chi connectivity index (χ1n) is 5.76. The van der Waals surface area contributed by atoms with Crippen LogP contribution in [-0.2, 0) is 24.1 Å². The molecular weight excluding hydrogens is 238 g/mol. The van der Waals surface area contributed by atoms with Crippen molar-refractivity contribution < 1.29 is 9.90 Å². The minimum atomic E-state index is -0.933. The molecule has 0 radical (unpaired) electrons. The van der Waals surface area contributed by atoms with Gasteiger partial charge in [0.2, 0.25) is 0 Å². The minimum Gasteiger partial charge on any atom is -0.480 e. The summed E-state index contributed by atoms with van der Waals surface area (Å²) in [6, 6.07) is 5.46. The van der Waals surface area contributed by atoms with Crippen LogP contribution in [0.25, 0.3) is 0 Å². The second-order valence-electron chi connectivity index (χ2n) is 4.46. The van der Waals surface area contributed by atoms with Crippen molar-refractivity contribution in [3.8, 4) is 0 Å². The molecule has 0 aliphatic heterocycles. The van der Waals surface area contributed by atoms with Crippen LogP contribution >= 0.6 is 12.4 Å². The van der Waals surface area contributed by atoms with E-state index in [2.05, 4.69) is 12.1 Å². The molecular formula is C13H18ClNO2. The molecule has 4 heteroatoms. The van der Waals surface area contributed by atoms with Crippen molar-refractivity contribution in [3.05, 3.63) is 34.9 Å². The highest BCUT2D eigenvalue weighted by Crippen LogP contribution is 2.22. The van der Waals surface area contributed by atoms with Gasteiger partial charge < -0.3 is 10.8 Å². The summed E-state index contributed by atoms with van der Waals surface area (Å²) in [5.74, 6) is -0.933. The van der Waals surface area contributed by atoms with E-state index in [0.717, 1.165) is 18.4 Å². The fraction of sp³-hybridized carbons (Fsp3) is 0.462. The highest BCUT2D eigenvalue weighted by Gasteiger charge is 2.14. The molecule has 1 unspecified atom stereocenters. The van der Waals surface area contributed by atoms with E-state index >= 15 is 0 Å². The first kappa shape index (κ1) is 14.0. The zero-order valence-corrected chi connectivity index (χ0v) is 10.5. The predicted octanol–water partition coefficient (Wildman–Crippen LogP) is 1.94. The maximum absolute atomic E-state index is 10.7. The molecule has 0 saturated heterocycles. The molecule has 0 aromatic heterocycles. The van der Waals surface area contributed by atoms with Crippen LogP contribution in [0.2, 0.25) is 0 Å². The van der Waals surface area contributed by atoms with E-state index in [1.165, 1.54) is 24.0 Å². The van der Waals surface area contributed by atoms with E-state index in [-0.39, 0.29) is 12.4 Å².